The molecule has 8 nitrogen and oxygen atoms in total. The van der Waals surface area contributed by atoms with E-state index >= 15 is 0 Å². The first-order chi connectivity index (χ1) is 15.8. The van der Waals surface area contributed by atoms with Crippen molar-refractivity contribution in [3.05, 3.63) is 83.4 Å². The Hall–Kier alpha value is -4.20. The van der Waals surface area contributed by atoms with Crippen LogP contribution in [0.2, 0.25) is 0 Å². The summed E-state index contributed by atoms with van der Waals surface area (Å²) in [5.74, 6) is -3.24. The summed E-state index contributed by atoms with van der Waals surface area (Å²) in [5.41, 5.74) is 1.81. The van der Waals surface area contributed by atoms with Crippen LogP contribution in [0.15, 0.2) is 66.7 Å². The number of hydrogen-bond donors (Lipinski definition) is 4. The third-order valence-electron chi connectivity index (χ3n) is 5.16. The maximum absolute atomic E-state index is 12.5. The number of hydrogen-bond acceptors (Lipinski definition) is 4. The second kappa shape index (κ2) is 10.9. The van der Waals surface area contributed by atoms with Crippen LogP contribution in [0.1, 0.15) is 34.3 Å². The van der Waals surface area contributed by atoms with Crippen LogP contribution in [0.25, 0.3) is 10.8 Å². The fourth-order valence-corrected chi connectivity index (χ4v) is 3.47. The molecule has 3 aromatic rings. The van der Waals surface area contributed by atoms with Crippen molar-refractivity contribution in [2.24, 2.45) is 0 Å². The summed E-state index contributed by atoms with van der Waals surface area (Å²) in [6, 6.07) is 18.8. The van der Waals surface area contributed by atoms with Crippen LogP contribution in [0.3, 0.4) is 0 Å². The zero-order valence-corrected chi connectivity index (χ0v) is 17.8. The number of amides is 2. The number of benzene rings is 3. The molecule has 0 aliphatic carbocycles. The quantitative estimate of drug-likeness (QED) is 0.377. The summed E-state index contributed by atoms with van der Waals surface area (Å²) < 4.78 is 0. The van der Waals surface area contributed by atoms with Gasteiger partial charge >= 0.3 is 11.9 Å². The molecule has 0 saturated carbocycles. The Kier molecular flexibility index (Phi) is 7.75. The van der Waals surface area contributed by atoms with E-state index in [0.29, 0.717) is 5.56 Å². The summed E-state index contributed by atoms with van der Waals surface area (Å²) in [6.45, 7) is 0.200. The number of rotatable bonds is 10. The lowest BCUT2D eigenvalue weighted by Gasteiger charge is -2.14. The predicted molar refractivity (Wildman–Crippen MR) is 122 cm³/mol. The molecule has 0 bridgehead atoms. The average molecular weight is 448 g/mol. The van der Waals surface area contributed by atoms with Gasteiger partial charge in [0.15, 0.2) is 0 Å². The molecule has 0 unspecified atom stereocenters. The Morgan fingerprint density at radius 1 is 0.879 bits per heavy atom. The molecule has 170 valence electrons. The minimum atomic E-state index is -1.31. The molecule has 2 amide bonds. The summed E-state index contributed by atoms with van der Waals surface area (Å²) in [7, 11) is 0. The molecule has 0 radical (unpaired) electrons. The molecule has 0 aromatic heterocycles. The van der Waals surface area contributed by atoms with E-state index in [-0.39, 0.29) is 37.3 Å². The Morgan fingerprint density at radius 3 is 2.36 bits per heavy atom. The van der Waals surface area contributed by atoms with E-state index in [1.165, 1.54) is 6.07 Å². The molecule has 0 fully saturated rings. The highest BCUT2D eigenvalue weighted by molar-refractivity contribution is 5.97. The topological polar surface area (TPSA) is 133 Å². The van der Waals surface area contributed by atoms with Gasteiger partial charge in [-0.05, 0) is 40.5 Å². The van der Waals surface area contributed by atoms with Crippen molar-refractivity contribution >= 4 is 34.5 Å². The average Bonchev–Trinajstić information content (AvgIpc) is 2.80. The minimum absolute atomic E-state index is 0.166. The van der Waals surface area contributed by atoms with E-state index < -0.39 is 23.9 Å². The number of fused-ring (bicyclic) bond motifs is 1. The van der Waals surface area contributed by atoms with Crippen molar-refractivity contribution in [3.8, 4) is 0 Å². The number of carboxylic acid groups (broad SMARTS) is 2. The molecule has 3 rings (SSSR count). The third-order valence-corrected chi connectivity index (χ3v) is 5.16. The molecule has 8 heteroatoms. The molecule has 4 N–H and O–H groups in total. The van der Waals surface area contributed by atoms with Crippen LogP contribution in [0, 0.1) is 0 Å². The molecule has 0 saturated heterocycles. The highest BCUT2D eigenvalue weighted by Crippen LogP contribution is 2.19. The number of nitrogens with one attached hydrogen (secondary N) is 2. The zero-order valence-electron chi connectivity index (χ0n) is 17.8. The van der Waals surface area contributed by atoms with Crippen molar-refractivity contribution in [1.29, 1.82) is 0 Å². The third kappa shape index (κ3) is 6.64. The van der Waals surface area contributed by atoms with Gasteiger partial charge in [0, 0.05) is 18.5 Å². The van der Waals surface area contributed by atoms with Gasteiger partial charge in [-0.15, -0.1) is 0 Å². The first kappa shape index (κ1) is 23.5. The molecule has 0 aliphatic heterocycles. The van der Waals surface area contributed by atoms with Gasteiger partial charge in [-0.1, -0.05) is 54.6 Å². The minimum Gasteiger partial charge on any atom is -0.481 e. The maximum Gasteiger partial charge on any atom is 0.326 e. The van der Waals surface area contributed by atoms with E-state index in [2.05, 4.69) is 10.6 Å². The monoisotopic (exact) mass is 448 g/mol. The van der Waals surface area contributed by atoms with Gasteiger partial charge in [0.05, 0.1) is 6.42 Å². The van der Waals surface area contributed by atoms with E-state index in [1.807, 2.05) is 42.5 Å². The number of carboxylic acids is 2. The van der Waals surface area contributed by atoms with E-state index in [9.17, 15) is 24.3 Å². The van der Waals surface area contributed by atoms with Gasteiger partial charge in [-0.3, -0.25) is 14.4 Å². The molecular formula is C25H24N2O6. The fraction of sp³-hybridized carbons (Fsp3) is 0.200. The normalized spacial score (nSPS) is 11.5. The standard InChI is InChI=1S/C25H24N2O6/c28-22(14-18-8-4-7-17-6-1-2-10-20(17)18)26-15-16-5-3-9-19(13-16)24(31)27-21(25(32)33)11-12-23(29)30/h1-10,13,21H,11-12,14-15H2,(H,26,28)(H,27,31)(H,29,30)(H,32,33)/t21-/m0/s1. The molecule has 33 heavy (non-hydrogen) atoms. The van der Waals surface area contributed by atoms with Gasteiger partial charge < -0.3 is 20.8 Å². The second-order valence-electron chi connectivity index (χ2n) is 7.59. The van der Waals surface area contributed by atoms with Crippen LogP contribution < -0.4 is 10.6 Å². The van der Waals surface area contributed by atoms with Crippen LogP contribution in [0.5, 0.6) is 0 Å². The van der Waals surface area contributed by atoms with Gasteiger partial charge in [0.2, 0.25) is 5.91 Å². The van der Waals surface area contributed by atoms with Crippen molar-refractivity contribution in [2.75, 3.05) is 0 Å². The Balaban J connectivity index is 1.60. The van der Waals surface area contributed by atoms with Crippen molar-refractivity contribution in [3.63, 3.8) is 0 Å². The molecule has 0 spiro atoms. The molecule has 0 aliphatic rings. The molecular weight excluding hydrogens is 424 g/mol. The summed E-state index contributed by atoms with van der Waals surface area (Å²) in [5, 5.41) is 25.2. The predicted octanol–water partition coefficient (Wildman–Crippen LogP) is 2.75. The Labute approximate surface area is 190 Å². The van der Waals surface area contributed by atoms with Crippen molar-refractivity contribution < 1.29 is 29.4 Å². The van der Waals surface area contributed by atoms with Crippen LogP contribution in [-0.2, 0) is 27.3 Å². The zero-order chi connectivity index (χ0) is 23.8. The molecule has 3 aromatic carbocycles. The first-order valence-corrected chi connectivity index (χ1v) is 10.4. The summed E-state index contributed by atoms with van der Waals surface area (Å²) >= 11 is 0. The SMILES string of the molecule is O=C(O)CC[C@H](NC(=O)c1cccc(CNC(=O)Cc2cccc3ccccc23)c1)C(=O)O. The second-order valence-corrected chi connectivity index (χ2v) is 7.59. The van der Waals surface area contributed by atoms with Gasteiger partial charge in [0.25, 0.3) is 5.91 Å². The van der Waals surface area contributed by atoms with E-state index in [0.717, 1.165) is 16.3 Å². The lowest BCUT2D eigenvalue weighted by molar-refractivity contribution is -0.140. The maximum atomic E-state index is 12.5. The number of carbonyl (C=O) groups is 4. The first-order valence-electron chi connectivity index (χ1n) is 10.4. The van der Waals surface area contributed by atoms with Gasteiger partial charge in [-0.25, -0.2) is 4.79 Å². The van der Waals surface area contributed by atoms with Crippen molar-refractivity contribution in [2.45, 2.75) is 31.8 Å². The highest BCUT2D eigenvalue weighted by Gasteiger charge is 2.21. The van der Waals surface area contributed by atoms with Crippen LogP contribution >= 0.6 is 0 Å². The van der Waals surface area contributed by atoms with Crippen LogP contribution in [-0.4, -0.2) is 40.0 Å². The largest absolute Gasteiger partial charge is 0.481 e. The molecule has 1 atom stereocenters. The van der Waals surface area contributed by atoms with Crippen molar-refractivity contribution in [1.82, 2.24) is 10.6 Å². The Morgan fingerprint density at radius 2 is 1.61 bits per heavy atom. The smallest absolute Gasteiger partial charge is 0.326 e. The lowest BCUT2D eigenvalue weighted by Crippen LogP contribution is -2.41. The van der Waals surface area contributed by atoms with Crippen LogP contribution in [0.4, 0.5) is 0 Å². The van der Waals surface area contributed by atoms with E-state index in [4.69, 9.17) is 5.11 Å². The number of carbonyl (C=O) groups excluding carboxylic acids is 2. The Bertz CT molecular complexity index is 1180. The highest BCUT2D eigenvalue weighted by atomic mass is 16.4. The lowest BCUT2D eigenvalue weighted by atomic mass is 10.0. The molecule has 0 heterocycles. The summed E-state index contributed by atoms with van der Waals surface area (Å²) in [4.78, 5) is 46.9. The van der Waals surface area contributed by atoms with Gasteiger partial charge in [-0.2, -0.15) is 0 Å². The van der Waals surface area contributed by atoms with Gasteiger partial charge in [0.1, 0.15) is 6.04 Å². The fourth-order valence-electron chi connectivity index (χ4n) is 3.47. The van der Waals surface area contributed by atoms with E-state index in [1.54, 1.807) is 18.2 Å². The summed E-state index contributed by atoms with van der Waals surface area (Å²) in [6.07, 6.45) is -0.383. The number of aliphatic carboxylic acids is 2.